The number of carbonyl (C=O) groups excluding carboxylic acids is 2. The van der Waals surface area contributed by atoms with E-state index in [1.54, 1.807) is 23.0 Å². The maximum atomic E-state index is 13.5. The largest absolute Gasteiger partial charge is 0.484 e. The summed E-state index contributed by atoms with van der Waals surface area (Å²) in [6, 6.07) is 4.70. The van der Waals surface area contributed by atoms with Crippen LogP contribution in [0.4, 0.5) is 33.3 Å². The molecule has 2 aromatic carbocycles. The van der Waals surface area contributed by atoms with Crippen molar-refractivity contribution in [2.75, 3.05) is 17.3 Å². The van der Waals surface area contributed by atoms with E-state index in [2.05, 4.69) is 5.32 Å². The number of amides is 2. The quantitative estimate of drug-likeness (QED) is 0.312. The van der Waals surface area contributed by atoms with Crippen molar-refractivity contribution in [2.45, 2.75) is 12.8 Å². The zero-order chi connectivity index (χ0) is 20.4. The van der Waals surface area contributed by atoms with Gasteiger partial charge in [0, 0.05) is 12.1 Å². The van der Waals surface area contributed by atoms with E-state index < -0.39 is 47.3 Å². The highest BCUT2D eigenvalue weighted by molar-refractivity contribution is 5.94. The molecule has 2 aromatic rings. The Labute approximate surface area is 154 Å². The number of nitrogens with one attached hydrogen (secondary N) is 3. The Morgan fingerprint density at radius 3 is 2.32 bits per heavy atom. The number of hydrogen-bond donors (Lipinski definition) is 3. The van der Waals surface area contributed by atoms with Gasteiger partial charge in [0.25, 0.3) is 5.91 Å². The Balaban J connectivity index is 1.60. The minimum atomic E-state index is -2.31. The van der Waals surface area contributed by atoms with E-state index in [4.69, 9.17) is 4.74 Å². The molecule has 0 saturated carbocycles. The Morgan fingerprint density at radius 2 is 1.64 bits per heavy atom. The van der Waals surface area contributed by atoms with E-state index in [0.717, 1.165) is 5.56 Å². The molecule has 1 aliphatic rings. The van der Waals surface area contributed by atoms with Gasteiger partial charge in [0.1, 0.15) is 11.4 Å². The molecule has 0 bridgehead atoms. The maximum absolute atomic E-state index is 13.5. The van der Waals surface area contributed by atoms with Crippen LogP contribution in [0.2, 0.25) is 0 Å². The molecule has 1 heterocycles. The molecule has 11 heteroatoms. The summed E-state index contributed by atoms with van der Waals surface area (Å²) in [5.74, 6) is -11.6. The molecule has 0 unspecified atom stereocenters. The third-order valence-corrected chi connectivity index (χ3v) is 3.88. The molecular formula is C17H12F5N3O3. The molecule has 0 saturated heterocycles. The fourth-order valence-electron chi connectivity index (χ4n) is 2.48. The minimum absolute atomic E-state index is 0.111. The van der Waals surface area contributed by atoms with E-state index in [0.29, 0.717) is 24.3 Å². The van der Waals surface area contributed by atoms with Gasteiger partial charge in [0.2, 0.25) is 11.7 Å². The second-order valence-electron chi connectivity index (χ2n) is 5.77. The van der Waals surface area contributed by atoms with Gasteiger partial charge < -0.3 is 10.1 Å². The van der Waals surface area contributed by atoms with Crippen LogP contribution in [0.5, 0.6) is 5.75 Å². The van der Waals surface area contributed by atoms with Crippen molar-refractivity contribution < 1.29 is 36.3 Å². The summed E-state index contributed by atoms with van der Waals surface area (Å²) in [5, 5.41) is 2.67. The molecule has 2 amide bonds. The monoisotopic (exact) mass is 401 g/mol. The van der Waals surface area contributed by atoms with Gasteiger partial charge in [-0.3, -0.25) is 20.4 Å². The van der Waals surface area contributed by atoms with Crippen molar-refractivity contribution in [1.82, 2.24) is 5.43 Å². The molecule has 0 atom stereocenters. The van der Waals surface area contributed by atoms with Crippen LogP contribution in [0.3, 0.4) is 0 Å². The molecule has 0 radical (unpaired) electrons. The standard InChI is InChI=1S/C17H12F5N3O3/c18-12-13(19)15(21)17(16(22)14(12)20)25-24-11(27)6-28-8-2-3-9-7(5-8)1-4-10(26)23-9/h2-3,5,25H,1,4,6H2,(H,23,26)(H,24,27). The number of benzene rings is 2. The number of carbonyl (C=O) groups is 2. The fourth-order valence-corrected chi connectivity index (χ4v) is 2.48. The van der Waals surface area contributed by atoms with Crippen molar-refractivity contribution >= 4 is 23.2 Å². The van der Waals surface area contributed by atoms with Crippen LogP contribution in [-0.4, -0.2) is 18.4 Å². The smallest absolute Gasteiger partial charge is 0.276 e. The highest BCUT2D eigenvalue weighted by Crippen LogP contribution is 2.27. The van der Waals surface area contributed by atoms with Crippen LogP contribution in [0.25, 0.3) is 0 Å². The Hall–Kier alpha value is -3.37. The second-order valence-corrected chi connectivity index (χ2v) is 5.77. The Kier molecular flexibility index (Phi) is 5.34. The predicted molar refractivity (Wildman–Crippen MR) is 86.9 cm³/mol. The number of halogens is 5. The lowest BCUT2D eigenvalue weighted by Gasteiger charge is -2.17. The summed E-state index contributed by atoms with van der Waals surface area (Å²) in [6.07, 6.45) is 0.801. The van der Waals surface area contributed by atoms with Gasteiger partial charge in [-0.25, -0.2) is 22.0 Å². The summed E-state index contributed by atoms with van der Waals surface area (Å²) in [5.41, 5.74) is 3.48. The SMILES string of the molecule is O=C(COc1ccc2c(c1)CCC(=O)N2)NNc1c(F)c(F)c(F)c(F)c1F. The highest BCUT2D eigenvalue weighted by atomic mass is 19.2. The summed E-state index contributed by atoms with van der Waals surface area (Å²) in [4.78, 5) is 23.0. The lowest BCUT2D eigenvalue weighted by atomic mass is 10.0. The molecule has 3 rings (SSSR count). The van der Waals surface area contributed by atoms with Gasteiger partial charge in [0.15, 0.2) is 29.9 Å². The summed E-state index contributed by atoms with van der Waals surface area (Å²) >= 11 is 0. The van der Waals surface area contributed by atoms with Gasteiger partial charge in [0.05, 0.1) is 0 Å². The molecule has 0 aliphatic carbocycles. The van der Waals surface area contributed by atoms with E-state index in [1.165, 1.54) is 6.07 Å². The number of fused-ring (bicyclic) bond motifs is 1. The van der Waals surface area contributed by atoms with Crippen molar-refractivity contribution in [1.29, 1.82) is 0 Å². The van der Waals surface area contributed by atoms with Gasteiger partial charge in [-0.2, -0.15) is 0 Å². The summed E-state index contributed by atoms with van der Waals surface area (Å²) in [7, 11) is 0. The molecule has 3 N–H and O–H groups in total. The van der Waals surface area contributed by atoms with Crippen LogP contribution in [0.1, 0.15) is 12.0 Å². The molecule has 0 aromatic heterocycles. The normalized spacial score (nSPS) is 12.8. The lowest BCUT2D eigenvalue weighted by Crippen LogP contribution is -2.34. The Bertz CT molecular complexity index is 939. The average molecular weight is 401 g/mol. The van der Waals surface area contributed by atoms with Crippen molar-refractivity contribution in [3.8, 4) is 5.75 Å². The molecule has 0 fully saturated rings. The van der Waals surface area contributed by atoms with E-state index in [-0.39, 0.29) is 5.91 Å². The van der Waals surface area contributed by atoms with E-state index in [9.17, 15) is 31.5 Å². The zero-order valence-electron chi connectivity index (χ0n) is 14.0. The van der Waals surface area contributed by atoms with Gasteiger partial charge in [-0.1, -0.05) is 0 Å². The first-order chi connectivity index (χ1) is 13.3. The van der Waals surface area contributed by atoms with Gasteiger partial charge in [-0.15, -0.1) is 0 Å². The molecular weight excluding hydrogens is 389 g/mol. The van der Waals surface area contributed by atoms with Crippen LogP contribution in [0, 0.1) is 29.1 Å². The van der Waals surface area contributed by atoms with Crippen LogP contribution in [-0.2, 0) is 16.0 Å². The van der Waals surface area contributed by atoms with Gasteiger partial charge >= 0.3 is 0 Å². The third-order valence-electron chi connectivity index (χ3n) is 3.88. The first-order valence-electron chi connectivity index (χ1n) is 7.89. The number of hydrazine groups is 1. The second kappa shape index (κ2) is 7.71. The number of aryl methyl sites for hydroxylation is 1. The molecule has 28 heavy (non-hydrogen) atoms. The van der Waals surface area contributed by atoms with Crippen LogP contribution in [0.15, 0.2) is 18.2 Å². The summed E-state index contributed by atoms with van der Waals surface area (Å²) < 4.78 is 71.4. The molecule has 0 spiro atoms. The molecule has 6 nitrogen and oxygen atoms in total. The van der Waals surface area contributed by atoms with Crippen molar-refractivity contribution in [3.05, 3.63) is 52.8 Å². The number of anilines is 2. The van der Waals surface area contributed by atoms with Crippen molar-refractivity contribution in [2.24, 2.45) is 0 Å². The van der Waals surface area contributed by atoms with Crippen LogP contribution < -0.4 is 20.9 Å². The molecule has 1 aliphatic heterocycles. The van der Waals surface area contributed by atoms with Crippen molar-refractivity contribution in [3.63, 3.8) is 0 Å². The van der Waals surface area contributed by atoms with E-state index in [1.807, 2.05) is 0 Å². The first-order valence-corrected chi connectivity index (χ1v) is 7.89. The lowest BCUT2D eigenvalue weighted by molar-refractivity contribution is -0.122. The molecule has 148 valence electrons. The van der Waals surface area contributed by atoms with Crippen LogP contribution >= 0.6 is 0 Å². The van der Waals surface area contributed by atoms with E-state index >= 15 is 0 Å². The topological polar surface area (TPSA) is 79.5 Å². The predicted octanol–water partition coefficient (Wildman–Crippen LogP) is 2.79. The first kappa shape index (κ1) is 19.4. The number of hydrogen-bond acceptors (Lipinski definition) is 4. The third kappa shape index (κ3) is 3.82. The highest BCUT2D eigenvalue weighted by Gasteiger charge is 2.26. The summed E-state index contributed by atoms with van der Waals surface area (Å²) in [6.45, 7) is -0.604. The number of ether oxygens (including phenoxy) is 1. The Morgan fingerprint density at radius 1 is 1.00 bits per heavy atom. The fraction of sp³-hybridized carbons (Fsp3) is 0.176. The zero-order valence-corrected chi connectivity index (χ0v) is 14.0. The van der Waals surface area contributed by atoms with Gasteiger partial charge in [-0.05, 0) is 30.2 Å². The average Bonchev–Trinajstić information content (AvgIpc) is 2.69. The maximum Gasteiger partial charge on any atom is 0.276 e. The number of rotatable bonds is 5. The minimum Gasteiger partial charge on any atom is -0.484 e.